The number of aryl methyl sites for hydroxylation is 1. The maximum Gasteiger partial charge on any atom is 0.0592 e. The van der Waals surface area contributed by atoms with Gasteiger partial charge in [0.2, 0.25) is 0 Å². The van der Waals surface area contributed by atoms with E-state index in [1.807, 2.05) is 38.1 Å². The predicted octanol–water partition coefficient (Wildman–Crippen LogP) is 4.50. The molecule has 0 saturated heterocycles. The molecular weight excluding hydrogens is 325 g/mol. The van der Waals surface area contributed by atoms with Crippen molar-refractivity contribution in [2.24, 2.45) is 5.73 Å². The van der Waals surface area contributed by atoms with Crippen LogP contribution in [0.15, 0.2) is 47.4 Å². The Balaban J connectivity index is 2.26. The Labute approximate surface area is 137 Å². The Morgan fingerprint density at radius 3 is 2.33 bits per heavy atom. The molecule has 112 valence electrons. The second-order valence-electron chi connectivity index (χ2n) is 5.01. The molecule has 0 radical (unpaired) electrons. The van der Waals surface area contributed by atoms with Crippen LogP contribution in [0.1, 0.15) is 24.1 Å². The molecule has 0 saturated carbocycles. The smallest absolute Gasteiger partial charge is 0.0592 e. The van der Waals surface area contributed by atoms with Gasteiger partial charge in [0.15, 0.2) is 0 Å². The summed E-state index contributed by atoms with van der Waals surface area (Å²) < 4.78 is 12.7. The van der Waals surface area contributed by atoms with Crippen LogP contribution in [0.2, 0.25) is 10.0 Å². The van der Waals surface area contributed by atoms with Crippen molar-refractivity contribution in [1.82, 2.24) is 0 Å². The lowest BCUT2D eigenvalue weighted by atomic mass is 10.0. The minimum absolute atomic E-state index is 0.274. The first-order chi connectivity index (χ1) is 9.90. The molecule has 0 fully saturated rings. The summed E-state index contributed by atoms with van der Waals surface area (Å²) in [4.78, 5) is 0.527. The van der Waals surface area contributed by atoms with Gasteiger partial charge < -0.3 is 5.73 Å². The van der Waals surface area contributed by atoms with Gasteiger partial charge in [-0.25, -0.2) is 0 Å². The fraction of sp³-hybridized carbons (Fsp3) is 0.250. The number of nitrogens with two attached hydrogens (primary N) is 1. The fourth-order valence-corrected chi connectivity index (χ4v) is 3.93. The van der Waals surface area contributed by atoms with Crippen LogP contribution in [0.25, 0.3) is 0 Å². The number of rotatable bonds is 4. The third kappa shape index (κ3) is 3.86. The average molecular weight is 342 g/mol. The highest BCUT2D eigenvalue weighted by molar-refractivity contribution is 7.85. The van der Waals surface area contributed by atoms with Crippen LogP contribution in [-0.4, -0.2) is 9.46 Å². The van der Waals surface area contributed by atoms with Gasteiger partial charge in [0.1, 0.15) is 0 Å². The van der Waals surface area contributed by atoms with Crippen LogP contribution in [0.5, 0.6) is 0 Å². The van der Waals surface area contributed by atoms with Gasteiger partial charge in [-0.1, -0.05) is 53.0 Å². The van der Waals surface area contributed by atoms with E-state index in [1.165, 1.54) is 0 Å². The third-order valence-electron chi connectivity index (χ3n) is 3.42. The molecule has 0 heterocycles. The summed E-state index contributed by atoms with van der Waals surface area (Å²) in [7, 11) is -1.33. The van der Waals surface area contributed by atoms with Crippen LogP contribution in [0.3, 0.4) is 0 Å². The molecule has 2 aromatic rings. The van der Waals surface area contributed by atoms with Gasteiger partial charge in [0, 0.05) is 11.1 Å². The topological polar surface area (TPSA) is 43.1 Å². The molecule has 0 aliphatic rings. The largest absolute Gasteiger partial charge is 0.323 e. The van der Waals surface area contributed by atoms with Gasteiger partial charge >= 0.3 is 0 Å². The molecule has 3 atom stereocenters. The van der Waals surface area contributed by atoms with E-state index in [1.54, 1.807) is 18.2 Å². The normalized spacial score (nSPS) is 15.5. The van der Waals surface area contributed by atoms with Crippen molar-refractivity contribution < 1.29 is 4.21 Å². The quantitative estimate of drug-likeness (QED) is 0.889. The first-order valence-electron chi connectivity index (χ1n) is 6.58. The highest BCUT2D eigenvalue weighted by Gasteiger charge is 2.24. The number of hydrogen-bond donors (Lipinski definition) is 1. The summed E-state index contributed by atoms with van der Waals surface area (Å²) in [6, 6.07) is 12.6. The maximum atomic E-state index is 12.7. The second-order valence-corrected chi connectivity index (χ2v) is 7.64. The Morgan fingerprint density at radius 2 is 1.71 bits per heavy atom. The highest BCUT2D eigenvalue weighted by atomic mass is 35.5. The molecule has 21 heavy (non-hydrogen) atoms. The first kappa shape index (κ1) is 16.5. The summed E-state index contributed by atoms with van der Waals surface area (Å²) >= 11 is 12.1. The van der Waals surface area contributed by atoms with Crippen molar-refractivity contribution in [3.05, 3.63) is 63.6 Å². The molecule has 0 spiro atoms. The Hall–Kier alpha value is -0.870. The van der Waals surface area contributed by atoms with Gasteiger partial charge in [0.25, 0.3) is 0 Å². The van der Waals surface area contributed by atoms with E-state index in [0.29, 0.717) is 14.9 Å². The van der Waals surface area contributed by atoms with E-state index < -0.39 is 10.8 Å². The summed E-state index contributed by atoms with van der Waals surface area (Å²) in [5, 5.41) is 0.684. The molecule has 0 amide bonds. The van der Waals surface area contributed by atoms with Crippen LogP contribution in [0.4, 0.5) is 0 Å². The zero-order valence-electron chi connectivity index (χ0n) is 11.8. The van der Waals surface area contributed by atoms with Crippen molar-refractivity contribution in [2.75, 3.05) is 0 Å². The van der Waals surface area contributed by atoms with Crippen molar-refractivity contribution in [2.45, 2.75) is 30.0 Å². The average Bonchev–Trinajstić information content (AvgIpc) is 2.48. The molecule has 2 nitrogen and oxygen atoms in total. The van der Waals surface area contributed by atoms with E-state index in [9.17, 15) is 4.21 Å². The molecule has 0 aliphatic heterocycles. The van der Waals surface area contributed by atoms with Crippen LogP contribution in [0, 0.1) is 6.92 Å². The van der Waals surface area contributed by atoms with Crippen molar-refractivity contribution >= 4 is 34.0 Å². The van der Waals surface area contributed by atoms with Gasteiger partial charge in [-0.2, -0.15) is 0 Å². The van der Waals surface area contributed by atoms with E-state index in [-0.39, 0.29) is 11.3 Å². The van der Waals surface area contributed by atoms with E-state index in [4.69, 9.17) is 28.9 Å². The molecule has 0 aromatic heterocycles. The lowest BCUT2D eigenvalue weighted by Gasteiger charge is -2.20. The molecular formula is C16H17Cl2NOS. The van der Waals surface area contributed by atoms with Crippen molar-refractivity contribution in [1.29, 1.82) is 0 Å². The number of benzene rings is 2. The SMILES string of the molecule is Cc1ccc(C(N)C(C)S(=O)c2cc(Cl)ccc2Cl)cc1. The van der Waals surface area contributed by atoms with Gasteiger partial charge in [-0.3, -0.25) is 4.21 Å². The number of halogens is 2. The molecule has 5 heteroatoms. The third-order valence-corrected chi connectivity index (χ3v) is 5.83. The minimum Gasteiger partial charge on any atom is -0.323 e. The van der Waals surface area contributed by atoms with Crippen LogP contribution < -0.4 is 5.73 Å². The van der Waals surface area contributed by atoms with Gasteiger partial charge in [0.05, 0.1) is 26.0 Å². The van der Waals surface area contributed by atoms with Crippen LogP contribution in [-0.2, 0) is 10.8 Å². The molecule has 2 N–H and O–H groups in total. The van der Waals surface area contributed by atoms with E-state index >= 15 is 0 Å². The van der Waals surface area contributed by atoms with Gasteiger partial charge in [-0.05, 0) is 37.6 Å². The van der Waals surface area contributed by atoms with E-state index in [2.05, 4.69) is 0 Å². The molecule has 0 aliphatic carbocycles. The maximum absolute atomic E-state index is 12.7. The Kier molecular flexibility index (Phi) is 5.44. The monoisotopic (exact) mass is 341 g/mol. The molecule has 0 bridgehead atoms. The summed E-state index contributed by atoms with van der Waals surface area (Å²) in [5.41, 5.74) is 8.37. The standard InChI is InChI=1S/C16H17Cl2NOS/c1-10-3-5-12(6-4-10)16(19)11(2)21(20)15-9-13(17)7-8-14(15)18/h3-9,11,16H,19H2,1-2H3. The predicted molar refractivity (Wildman–Crippen MR) is 90.4 cm³/mol. The lowest BCUT2D eigenvalue weighted by Crippen LogP contribution is -2.27. The second kappa shape index (κ2) is 6.93. The molecule has 3 unspecified atom stereocenters. The fourth-order valence-electron chi connectivity index (χ4n) is 2.02. The summed E-state index contributed by atoms with van der Waals surface area (Å²) in [6.45, 7) is 3.88. The van der Waals surface area contributed by atoms with E-state index in [0.717, 1.165) is 11.1 Å². The summed E-state index contributed by atoms with van der Waals surface area (Å²) in [6.07, 6.45) is 0. The van der Waals surface area contributed by atoms with Crippen molar-refractivity contribution in [3.63, 3.8) is 0 Å². The molecule has 2 rings (SSSR count). The zero-order chi connectivity index (χ0) is 15.6. The highest BCUT2D eigenvalue weighted by Crippen LogP contribution is 2.29. The number of hydrogen-bond acceptors (Lipinski definition) is 2. The van der Waals surface area contributed by atoms with Gasteiger partial charge in [-0.15, -0.1) is 0 Å². The zero-order valence-corrected chi connectivity index (χ0v) is 14.2. The lowest BCUT2D eigenvalue weighted by molar-refractivity contribution is 0.643. The summed E-state index contributed by atoms with van der Waals surface area (Å²) in [5.74, 6) is 0. The Bertz CT molecular complexity index is 658. The Morgan fingerprint density at radius 1 is 1.10 bits per heavy atom. The minimum atomic E-state index is -1.33. The first-order valence-corrected chi connectivity index (χ1v) is 8.55. The van der Waals surface area contributed by atoms with Crippen molar-refractivity contribution in [3.8, 4) is 0 Å². The molecule has 2 aromatic carbocycles. The van der Waals surface area contributed by atoms with Crippen LogP contribution >= 0.6 is 23.2 Å².